The van der Waals surface area contributed by atoms with Crippen LogP contribution in [-0.4, -0.2) is 66.8 Å². The van der Waals surface area contributed by atoms with Crippen molar-refractivity contribution < 1.29 is 47.7 Å². The molecular formula is C29H33NO10. The minimum atomic E-state index is -1.27. The van der Waals surface area contributed by atoms with E-state index in [1.807, 2.05) is 19.1 Å². The smallest absolute Gasteiger partial charge is 0.303 e. The van der Waals surface area contributed by atoms with E-state index in [0.717, 1.165) is 19.4 Å². The first-order valence-electron chi connectivity index (χ1n) is 12.6. The van der Waals surface area contributed by atoms with Gasteiger partial charge in [-0.1, -0.05) is 24.3 Å². The Morgan fingerprint density at radius 3 is 2.05 bits per heavy atom. The van der Waals surface area contributed by atoms with Gasteiger partial charge < -0.3 is 29.0 Å². The molecule has 1 N–H and O–H groups in total. The van der Waals surface area contributed by atoms with Crippen molar-refractivity contribution in [2.45, 2.75) is 72.2 Å². The van der Waals surface area contributed by atoms with E-state index in [2.05, 4.69) is 5.32 Å². The molecule has 0 aromatic heterocycles. The molecule has 1 aliphatic rings. The number of hydrogen-bond acceptors (Lipinski definition) is 10. The highest BCUT2D eigenvalue weighted by molar-refractivity contribution is 6.10. The van der Waals surface area contributed by atoms with Gasteiger partial charge in [-0.05, 0) is 43.2 Å². The number of rotatable bonds is 9. The molecule has 3 rings (SSSR count). The fourth-order valence-electron chi connectivity index (χ4n) is 4.42. The molecule has 11 nitrogen and oxygen atoms in total. The van der Waals surface area contributed by atoms with Gasteiger partial charge in [-0.15, -0.1) is 0 Å². The van der Waals surface area contributed by atoms with Gasteiger partial charge in [0.25, 0.3) is 0 Å². The fraction of sp³-hybridized carbons (Fsp3) is 0.414. The summed E-state index contributed by atoms with van der Waals surface area (Å²) < 4.78 is 28.2. The zero-order valence-electron chi connectivity index (χ0n) is 23.2. The Hall–Kier alpha value is -4.25. The summed E-state index contributed by atoms with van der Waals surface area (Å²) in [5, 5.41) is 2.65. The lowest BCUT2D eigenvalue weighted by atomic mass is 9.95. The molecule has 0 spiro atoms. The number of aryl methyl sites for hydroxylation is 2. The number of carbonyl (C=O) groups is 5. The van der Waals surface area contributed by atoms with E-state index < -0.39 is 54.5 Å². The molecule has 0 saturated carbocycles. The summed E-state index contributed by atoms with van der Waals surface area (Å²) in [5.74, 6) is -2.35. The molecule has 1 amide bonds. The van der Waals surface area contributed by atoms with Crippen molar-refractivity contribution in [2.75, 3.05) is 6.61 Å². The third kappa shape index (κ3) is 7.66. The number of ketones is 1. The van der Waals surface area contributed by atoms with Gasteiger partial charge in [-0.2, -0.15) is 0 Å². The number of carbonyl (C=O) groups excluding carboxylic acids is 5. The minimum absolute atomic E-state index is 0.154. The molecule has 0 unspecified atom stereocenters. The molecule has 0 bridgehead atoms. The quantitative estimate of drug-likeness (QED) is 0.279. The predicted molar refractivity (Wildman–Crippen MR) is 140 cm³/mol. The Bertz CT molecular complexity index is 1290. The van der Waals surface area contributed by atoms with Crippen LogP contribution in [0.3, 0.4) is 0 Å². The zero-order chi connectivity index (χ0) is 29.6. The Morgan fingerprint density at radius 1 is 0.825 bits per heavy atom. The van der Waals surface area contributed by atoms with Crippen molar-refractivity contribution in [1.82, 2.24) is 5.32 Å². The van der Waals surface area contributed by atoms with Crippen molar-refractivity contribution in [2.24, 2.45) is 0 Å². The summed E-state index contributed by atoms with van der Waals surface area (Å²) in [5.41, 5.74) is 2.46. The van der Waals surface area contributed by atoms with Gasteiger partial charge in [0.15, 0.2) is 18.0 Å². The molecule has 11 heteroatoms. The topological polar surface area (TPSA) is 144 Å². The Labute approximate surface area is 232 Å². The second-order valence-electron chi connectivity index (χ2n) is 9.46. The maximum atomic E-state index is 13.1. The van der Waals surface area contributed by atoms with E-state index in [9.17, 15) is 24.0 Å². The molecule has 2 aromatic rings. The molecule has 1 fully saturated rings. The van der Waals surface area contributed by atoms with E-state index >= 15 is 0 Å². The van der Waals surface area contributed by atoms with Gasteiger partial charge >= 0.3 is 17.9 Å². The largest absolute Gasteiger partial charge is 0.463 e. The van der Waals surface area contributed by atoms with Gasteiger partial charge in [-0.3, -0.25) is 24.0 Å². The van der Waals surface area contributed by atoms with Crippen LogP contribution in [0.2, 0.25) is 0 Å². The third-order valence-electron chi connectivity index (χ3n) is 6.14. The van der Waals surface area contributed by atoms with E-state index in [0.29, 0.717) is 22.4 Å². The van der Waals surface area contributed by atoms with Crippen LogP contribution in [0.15, 0.2) is 42.5 Å². The maximum Gasteiger partial charge on any atom is 0.303 e. The van der Waals surface area contributed by atoms with Gasteiger partial charge in [0, 0.05) is 38.8 Å². The average Bonchev–Trinajstić information content (AvgIpc) is 2.86. The van der Waals surface area contributed by atoms with Crippen LogP contribution in [0.4, 0.5) is 0 Å². The lowest BCUT2D eigenvalue weighted by molar-refractivity contribution is -0.257. The van der Waals surface area contributed by atoms with Crippen molar-refractivity contribution in [3.8, 4) is 5.75 Å². The third-order valence-corrected chi connectivity index (χ3v) is 6.14. The number of benzene rings is 2. The zero-order valence-corrected chi connectivity index (χ0v) is 23.2. The first-order valence-corrected chi connectivity index (χ1v) is 12.6. The Morgan fingerprint density at radius 2 is 1.48 bits per heavy atom. The highest BCUT2D eigenvalue weighted by Gasteiger charge is 2.52. The predicted octanol–water partition coefficient (Wildman–Crippen LogP) is 2.57. The summed E-state index contributed by atoms with van der Waals surface area (Å²) in [6, 6.07) is 11.0. The van der Waals surface area contributed by atoms with Gasteiger partial charge in [-0.25, -0.2) is 0 Å². The van der Waals surface area contributed by atoms with Crippen molar-refractivity contribution in [1.29, 1.82) is 0 Å². The van der Waals surface area contributed by atoms with Crippen LogP contribution in [0.1, 0.15) is 54.7 Å². The number of hydrogen-bond donors (Lipinski definition) is 1. The summed E-state index contributed by atoms with van der Waals surface area (Å²) in [7, 11) is 0. The highest BCUT2D eigenvalue weighted by atomic mass is 16.7. The van der Waals surface area contributed by atoms with Gasteiger partial charge in [0.1, 0.15) is 24.5 Å². The fourth-order valence-corrected chi connectivity index (χ4v) is 4.42. The number of ether oxygens (including phenoxy) is 5. The molecule has 214 valence electrons. The molecule has 40 heavy (non-hydrogen) atoms. The number of esters is 3. The molecule has 0 aliphatic carbocycles. The van der Waals surface area contributed by atoms with Crippen molar-refractivity contribution in [3.05, 3.63) is 64.7 Å². The Kier molecular flexibility index (Phi) is 10.0. The standard InChI is InChI=1S/C29H33NO10/c1-15-9-7-8-10-22(15)26(35)21-11-12-23(16(2)13-21)39-29-25(30-17(3)31)28(38-20(6)34)27(37-19(5)33)24(40-29)14-36-18(4)32/h7-13,24-25,27-29H,14H2,1-6H3,(H,30,31)/t24-,25-,27-,28-,29-/m1/s1. The van der Waals surface area contributed by atoms with Crippen LogP contribution in [0, 0.1) is 13.8 Å². The molecule has 2 aromatic carbocycles. The van der Waals surface area contributed by atoms with E-state index in [-0.39, 0.29) is 12.4 Å². The second kappa shape index (κ2) is 13.2. The van der Waals surface area contributed by atoms with E-state index in [4.69, 9.17) is 23.7 Å². The van der Waals surface area contributed by atoms with E-state index in [1.165, 1.54) is 13.8 Å². The molecule has 5 atom stereocenters. The minimum Gasteiger partial charge on any atom is -0.463 e. The lowest BCUT2D eigenvalue weighted by Crippen LogP contribution is -2.67. The Balaban J connectivity index is 1.97. The normalized spacial score (nSPS) is 22.0. The van der Waals surface area contributed by atoms with Crippen LogP contribution in [0.25, 0.3) is 0 Å². The summed E-state index contributed by atoms with van der Waals surface area (Å²) in [4.78, 5) is 60.7. The summed E-state index contributed by atoms with van der Waals surface area (Å²) in [6.45, 7) is 8.02. The second-order valence-corrected chi connectivity index (χ2v) is 9.46. The molecule has 1 saturated heterocycles. The lowest BCUT2D eigenvalue weighted by Gasteiger charge is -2.44. The highest BCUT2D eigenvalue weighted by Crippen LogP contribution is 2.31. The van der Waals surface area contributed by atoms with Crippen molar-refractivity contribution in [3.63, 3.8) is 0 Å². The first-order chi connectivity index (χ1) is 18.9. The SMILES string of the molecule is CC(=O)N[C@H]1[C@H](Oc2ccc(C(=O)c3ccccc3C)cc2C)O[C@H](COC(C)=O)[C@@H](OC(C)=O)[C@@H]1OC(C)=O. The van der Waals surface area contributed by atoms with Crippen LogP contribution in [0.5, 0.6) is 5.75 Å². The van der Waals surface area contributed by atoms with Crippen LogP contribution in [-0.2, 0) is 38.1 Å². The summed E-state index contributed by atoms with van der Waals surface area (Å²) in [6.07, 6.45) is -4.84. The maximum absolute atomic E-state index is 13.1. The van der Waals surface area contributed by atoms with Crippen LogP contribution >= 0.6 is 0 Å². The molecule has 1 heterocycles. The van der Waals surface area contributed by atoms with E-state index in [1.54, 1.807) is 37.3 Å². The summed E-state index contributed by atoms with van der Waals surface area (Å²) >= 11 is 0. The molecule has 0 radical (unpaired) electrons. The number of amides is 1. The van der Waals surface area contributed by atoms with Crippen molar-refractivity contribution >= 4 is 29.6 Å². The monoisotopic (exact) mass is 555 g/mol. The average molecular weight is 556 g/mol. The van der Waals surface area contributed by atoms with Crippen LogP contribution < -0.4 is 10.1 Å². The van der Waals surface area contributed by atoms with Gasteiger partial charge in [0.2, 0.25) is 12.2 Å². The molecule has 1 aliphatic heterocycles. The first kappa shape index (κ1) is 30.3. The number of nitrogens with one attached hydrogen (secondary N) is 1. The van der Waals surface area contributed by atoms with Gasteiger partial charge in [0.05, 0.1) is 0 Å². The molecular weight excluding hydrogens is 522 g/mol.